The summed E-state index contributed by atoms with van der Waals surface area (Å²) in [6.07, 6.45) is 4.57. The van der Waals surface area contributed by atoms with Crippen molar-refractivity contribution < 1.29 is 23.2 Å². The molecule has 0 radical (unpaired) electrons. The molecular formula is C31H34N2O6S. The summed E-state index contributed by atoms with van der Waals surface area (Å²) < 4.78 is 31.7. The lowest BCUT2D eigenvalue weighted by Crippen LogP contribution is -2.33. The Balaban J connectivity index is 1.20. The summed E-state index contributed by atoms with van der Waals surface area (Å²) in [6, 6.07) is 17.4. The Morgan fingerprint density at radius 1 is 0.975 bits per heavy atom. The van der Waals surface area contributed by atoms with Crippen LogP contribution in [-0.2, 0) is 42.2 Å². The third-order valence-electron chi connectivity index (χ3n) is 7.83. The highest BCUT2D eigenvalue weighted by Crippen LogP contribution is 2.30. The average molecular weight is 563 g/mol. The van der Waals surface area contributed by atoms with Crippen molar-refractivity contribution in [2.75, 3.05) is 6.54 Å². The zero-order valence-corrected chi connectivity index (χ0v) is 23.2. The third-order valence-corrected chi connectivity index (χ3v) is 8.70. The lowest BCUT2D eigenvalue weighted by Gasteiger charge is -2.18. The second-order valence-corrected chi connectivity index (χ2v) is 12.0. The van der Waals surface area contributed by atoms with Crippen LogP contribution in [0.5, 0.6) is 5.75 Å². The van der Waals surface area contributed by atoms with Crippen molar-refractivity contribution in [1.29, 1.82) is 0 Å². The number of aromatic amines is 1. The van der Waals surface area contributed by atoms with E-state index in [1.54, 1.807) is 24.3 Å². The molecule has 0 bridgehead atoms. The molecule has 9 heteroatoms. The number of fused-ring (bicyclic) bond motifs is 2. The van der Waals surface area contributed by atoms with E-state index >= 15 is 0 Å². The number of aromatic hydroxyl groups is 1. The second-order valence-electron chi connectivity index (χ2n) is 10.5. The van der Waals surface area contributed by atoms with Gasteiger partial charge in [0.15, 0.2) is 0 Å². The lowest BCUT2D eigenvalue weighted by molar-refractivity contribution is 0.171. The molecule has 0 aliphatic heterocycles. The molecule has 8 nitrogen and oxygen atoms in total. The van der Waals surface area contributed by atoms with E-state index in [0.717, 1.165) is 44.1 Å². The molecule has 3 aromatic carbocycles. The summed E-state index contributed by atoms with van der Waals surface area (Å²) in [6.45, 7) is 2.51. The van der Waals surface area contributed by atoms with Crippen LogP contribution in [0.2, 0.25) is 0 Å². The highest BCUT2D eigenvalue weighted by atomic mass is 32.2. The van der Waals surface area contributed by atoms with Gasteiger partial charge in [-0.3, -0.25) is 9.35 Å². The van der Waals surface area contributed by atoms with Crippen LogP contribution in [0.3, 0.4) is 0 Å². The summed E-state index contributed by atoms with van der Waals surface area (Å²) >= 11 is 0. The molecule has 1 aliphatic carbocycles. The summed E-state index contributed by atoms with van der Waals surface area (Å²) in [5, 5.41) is 25.2. The molecule has 0 saturated heterocycles. The van der Waals surface area contributed by atoms with Gasteiger partial charge in [-0.25, -0.2) is 0 Å². The number of aliphatic hydroxyl groups is 1. The van der Waals surface area contributed by atoms with Gasteiger partial charge in [0, 0.05) is 24.0 Å². The van der Waals surface area contributed by atoms with Crippen molar-refractivity contribution in [2.24, 2.45) is 0 Å². The Morgan fingerprint density at radius 2 is 1.68 bits per heavy atom. The minimum absolute atomic E-state index is 0.0274. The molecule has 5 N–H and O–H groups in total. The minimum atomic E-state index is -4.18. The molecule has 0 spiro atoms. The van der Waals surface area contributed by atoms with Crippen LogP contribution in [0.4, 0.5) is 0 Å². The summed E-state index contributed by atoms with van der Waals surface area (Å²) in [5.74, 6) is -0.0274. The third kappa shape index (κ3) is 6.13. The van der Waals surface area contributed by atoms with Gasteiger partial charge in [0.05, 0.1) is 16.5 Å². The predicted octanol–water partition coefficient (Wildman–Crippen LogP) is 4.01. The van der Waals surface area contributed by atoms with Gasteiger partial charge in [-0.1, -0.05) is 37.3 Å². The van der Waals surface area contributed by atoms with Gasteiger partial charge in [0.2, 0.25) is 5.56 Å². The lowest BCUT2D eigenvalue weighted by atomic mass is 9.94. The number of aryl methyl sites for hydroxylation is 3. The molecule has 0 amide bonds. The monoisotopic (exact) mass is 562 g/mol. The molecule has 4 aromatic rings. The molecule has 0 saturated carbocycles. The minimum Gasteiger partial charge on any atom is -0.506 e. The van der Waals surface area contributed by atoms with Gasteiger partial charge < -0.3 is 20.5 Å². The van der Waals surface area contributed by atoms with Crippen molar-refractivity contribution in [1.82, 2.24) is 10.3 Å². The Kier molecular flexibility index (Phi) is 8.09. The van der Waals surface area contributed by atoms with Crippen molar-refractivity contribution in [3.8, 4) is 5.75 Å². The fraction of sp³-hybridized carbons (Fsp3) is 0.323. The number of hydrogen-bond donors (Lipinski definition) is 5. The molecule has 0 fully saturated rings. The highest BCUT2D eigenvalue weighted by Gasteiger charge is 2.24. The number of phenols is 1. The zero-order valence-electron chi connectivity index (χ0n) is 22.4. The van der Waals surface area contributed by atoms with Crippen LogP contribution in [0.25, 0.3) is 10.9 Å². The van der Waals surface area contributed by atoms with E-state index in [-0.39, 0.29) is 22.2 Å². The Labute approximate surface area is 233 Å². The van der Waals surface area contributed by atoms with E-state index in [2.05, 4.69) is 29.4 Å². The van der Waals surface area contributed by atoms with Gasteiger partial charge in [0.1, 0.15) is 5.75 Å². The van der Waals surface area contributed by atoms with Crippen LogP contribution in [0.1, 0.15) is 52.8 Å². The predicted molar refractivity (Wildman–Crippen MR) is 154 cm³/mol. The van der Waals surface area contributed by atoms with E-state index in [4.69, 9.17) is 4.55 Å². The first-order chi connectivity index (χ1) is 19.1. The number of benzene rings is 3. The number of phenolic OH excluding ortho intramolecular Hbond substituents is 1. The normalized spacial score (nSPS) is 15.8. The van der Waals surface area contributed by atoms with E-state index in [1.165, 1.54) is 46.5 Å². The molecule has 2 atom stereocenters. The first kappa shape index (κ1) is 28.0. The average Bonchev–Trinajstić information content (AvgIpc) is 3.33. The van der Waals surface area contributed by atoms with Crippen molar-refractivity contribution in [3.05, 3.63) is 104 Å². The van der Waals surface area contributed by atoms with E-state index in [0.29, 0.717) is 23.0 Å². The van der Waals surface area contributed by atoms with Crippen molar-refractivity contribution >= 4 is 21.0 Å². The van der Waals surface area contributed by atoms with E-state index in [1.807, 2.05) is 0 Å². The molecule has 210 valence electrons. The van der Waals surface area contributed by atoms with Crippen LogP contribution in [0, 0.1) is 0 Å². The second kappa shape index (κ2) is 11.5. The standard InChI is InChI=1S/C31H34N2O6S/c1-2-20-14-22-16-24(32-18-29(35)26-10-12-28(34)31-27(26)11-13-30(36)33-31)17-23(22)15-21(20)5-3-4-19-6-8-25(9-7-19)40(37,38)39/h6-15,24,29,32,34-35H,2-5,16-18H2,1H3,(H,33,36)(H,37,38,39)/t24?,29-/m0/s1. The topological polar surface area (TPSA) is 140 Å². The van der Waals surface area contributed by atoms with Gasteiger partial charge in [-0.05, 0) is 96.2 Å². The maximum atomic E-state index is 11.7. The number of hydrogen-bond acceptors (Lipinski definition) is 6. The first-order valence-electron chi connectivity index (χ1n) is 13.6. The SMILES string of the molecule is CCc1cc2c(cc1CCCc1ccc(S(=O)(=O)O)cc1)CC(NC[C@H](O)c1ccc(O)c3[nH]c(=O)ccc13)C2. The molecule has 1 aromatic heterocycles. The number of pyridine rings is 1. The molecule has 1 aliphatic rings. The van der Waals surface area contributed by atoms with Crippen LogP contribution in [-0.4, -0.2) is 40.8 Å². The fourth-order valence-electron chi connectivity index (χ4n) is 5.73. The molecule has 40 heavy (non-hydrogen) atoms. The molecular weight excluding hydrogens is 528 g/mol. The van der Waals surface area contributed by atoms with Crippen molar-refractivity contribution in [2.45, 2.75) is 62.5 Å². The molecule has 1 unspecified atom stereocenters. The summed E-state index contributed by atoms with van der Waals surface area (Å²) in [5.41, 5.74) is 7.03. The largest absolute Gasteiger partial charge is 0.506 e. The fourth-order valence-corrected chi connectivity index (χ4v) is 6.21. The number of nitrogens with one attached hydrogen (secondary N) is 2. The van der Waals surface area contributed by atoms with Gasteiger partial charge in [-0.2, -0.15) is 8.42 Å². The quantitative estimate of drug-likeness (QED) is 0.184. The zero-order chi connectivity index (χ0) is 28.4. The number of aliphatic hydroxyl groups excluding tert-OH is 1. The number of rotatable bonds is 10. The Morgan fingerprint density at radius 3 is 2.35 bits per heavy atom. The highest BCUT2D eigenvalue weighted by molar-refractivity contribution is 7.85. The molecule has 1 heterocycles. The van der Waals surface area contributed by atoms with Gasteiger partial charge in [-0.15, -0.1) is 0 Å². The van der Waals surface area contributed by atoms with Crippen molar-refractivity contribution in [3.63, 3.8) is 0 Å². The number of H-pyrrole nitrogens is 1. The Bertz CT molecular complexity index is 1700. The van der Waals surface area contributed by atoms with Crippen LogP contribution >= 0.6 is 0 Å². The van der Waals surface area contributed by atoms with E-state index < -0.39 is 16.2 Å². The number of aromatic nitrogens is 1. The molecule has 5 rings (SSSR count). The Hall–Kier alpha value is -3.50. The van der Waals surface area contributed by atoms with Crippen LogP contribution < -0.4 is 10.9 Å². The van der Waals surface area contributed by atoms with Gasteiger partial charge >= 0.3 is 0 Å². The van der Waals surface area contributed by atoms with Gasteiger partial charge in [0.25, 0.3) is 10.1 Å². The van der Waals surface area contributed by atoms with E-state index in [9.17, 15) is 23.4 Å². The van der Waals surface area contributed by atoms with Crippen LogP contribution in [0.15, 0.2) is 70.4 Å². The summed E-state index contributed by atoms with van der Waals surface area (Å²) in [7, 11) is -4.18. The summed E-state index contributed by atoms with van der Waals surface area (Å²) in [4.78, 5) is 14.2. The smallest absolute Gasteiger partial charge is 0.294 e. The maximum Gasteiger partial charge on any atom is 0.294 e. The first-order valence-corrected chi connectivity index (χ1v) is 15.0. The maximum absolute atomic E-state index is 11.7.